The topological polar surface area (TPSA) is 26.3 Å². The van der Waals surface area contributed by atoms with Gasteiger partial charge in [-0.2, -0.15) is 12.6 Å². The van der Waals surface area contributed by atoms with E-state index >= 15 is 0 Å². The number of ether oxygens (including phenoxy) is 1. The molecule has 0 aromatic carbocycles. The lowest BCUT2D eigenvalue weighted by Gasteiger charge is -2.20. The predicted octanol–water partition coefficient (Wildman–Crippen LogP) is 2.96. The number of esters is 1. The van der Waals surface area contributed by atoms with Crippen molar-refractivity contribution in [3.05, 3.63) is 0 Å². The first-order valence-electron chi connectivity index (χ1n) is 5.58. The first-order chi connectivity index (χ1) is 6.70. The molecule has 0 aliphatic heterocycles. The highest BCUT2D eigenvalue weighted by Gasteiger charge is 2.17. The van der Waals surface area contributed by atoms with Crippen molar-refractivity contribution < 1.29 is 9.53 Å². The van der Waals surface area contributed by atoms with Gasteiger partial charge in [0.05, 0.1) is 5.25 Å². The second-order valence-corrected chi connectivity index (χ2v) is 4.85. The molecule has 0 aromatic rings. The molecule has 0 bridgehead atoms. The van der Waals surface area contributed by atoms with Gasteiger partial charge in [0.25, 0.3) is 0 Å². The van der Waals surface area contributed by atoms with Crippen LogP contribution in [0.15, 0.2) is 0 Å². The molecule has 0 aromatic heterocycles. The zero-order valence-corrected chi connectivity index (χ0v) is 9.76. The molecule has 0 radical (unpaired) electrons. The molecular formula is C11H20O2S. The Morgan fingerprint density at radius 1 is 1.21 bits per heavy atom. The fourth-order valence-electron chi connectivity index (χ4n) is 1.80. The molecular weight excluding hydrogens is 196 g/mol. The summed E-state index contributed by atoms with van der Waals surface area (Å²) in [5.41, 5.74) is 0. The molecule has 1 rings (SSSR count). The van der Waals surface area contributed by atoms with E-state index in [1.165, 1.54) is 32.1 Å². The Balaban J connectivity index is 2.30. The van der Waals surface area contributed by atoms with Crippen LogP contribution < -0.4 is 0 Å². The number of carbonyl (C=O) groups excluding carboxylic acids is 1. The van der Waals surface area contributed by atoms with E-state index in [-0.39, 0.29) is 17.3 Å². The summed E-state index contributed by atoms with van der Waals surface area (Å²) in [5, 5.41) is -0.291. The average molecular weight is 216 g/mol. The summed E-state index contributed by atoms with van der Waals surface area (Å²) in [5.74, 6) is -0.168. The van der Waals surface area contributed by atoms with E-state index in [2.05, 4.69) is 12.6 Å². The normalized spacial score (nSPS) is 22.1. The van der Waals surface area contributed by atoms with E-state index < -0.39 is 0 Å². The van der Waals surface area contributed by atoms with Crippen LogP contribution in [0.1, 0.15) is 51.9 Å². The zero-order chi connectivity index (χ0) is 10.4. The molecule has 1 unspecified atom stereocenters. The maximum atomic E-state index is 11.3. The smallest absolute Gasteiger partial charge is 0.318 e. The van der Waals surface area contributed by atoms with E-state index in [1.54, 1.807) is 6.92 Å². The zero-order valence-electron chi connectivity index (χ0n) is 8.87. The van der Waals surface area contributed by atoms with Gasteiger partial charge < -0.3 is 4.74 Å². The fraction of sp³-hybridized carbons (Fsp3) is 0.909. The van der Waals surface area contributed by atoms with Crippen LogP contribution >= 0.6 is 12.6 Å². The van der Waals surface area contributed by atoms with Crippen molar-refractivity contribution in [1.82, 2.24) is 0 Å². The monoisotopic (exact) mass is 216 g/mol. The van der Waals surface area contributed by atoms with Crippen LogP contribution in [-0.2, 0) is 9.53 Å². The van der Waals surface area contributed by atoms with E-state index in [0.29, 0.717) is 0 Å². The maximum Gasteiger partial charge on any atom is 0.318 e. The first kappa shape index (κ1) is 11.9. The predicted molar refractivity (Wildman–Crippen MR) is 60.6 cm³/mol. The van der Waals surface area contributed by atoms with Crippen LogP contribution in [0.25, 0.3) is 0 Å². The number of thiol groups is 1. The number of hydrogen-bond acceptors (Lipinski definition) is 3. The molecule has 3 heteroatoms. The Kier molecular flexibility index (Phi) is 5.38. The van der Waals surface area contributed by atoms with Crippen LogP contribution in [0, 0.1) is 0 Å². The Morgan fingerprint density at radius 2 is 1.71 bits per heavy atom. The molecule has 0 heterocycles. The summed E-state index contributed by atoms with van der Waals surface area (Å²) < 4.78 is 5.37. The summed E-state index contributed by atoms with van der Waals surface area (Å²) in [6, 6.07) is 0. The van der Waals surface area contributed by atoms with E-state index in [1.807, 2.05) is 0 Å². The van der Waals surface area contributed by atoms with Gasteiger partial charge in [-0.05, 0) is 32.6 Å². The molecule has 14 heavy (non-hydrogen) atoms. The lowest BCUT2D eigenvalue weighted by Crippen LogP contribution is -2.23. The lowest BCUT2D eigenvalue weighted by molar-refractivity contribution is -0.148. The summed E-state index contributed by atoms with van der Waals surface area (Å²) in [7, 11) is 0. The summed E-state index contributed by atoms with van der Waals surface area (Å²) >= 11 is 4.07. The first-order valence-corrected chi connectivity index (χ1v) is 6.10. The average Bonchev–Trinajstić information content (AvgIpc) is 2.08. The van der Waals surface area contributed by atoms with Crippen LogP contribution in [0.4, 0.5) is 0 Å². The highest BCUT2D eigenvalue weighted by molar-refractivity contribution is 7.81. The Bertz CT molecular complexity index is 172. The molecule has 1 fully saturated rings. The van der Waals surface area contributed by atoms with E-state index in [0.717, 1.165) is 12.8 Å². The van der Waals surface area contributed by atoms with Crippen LogP contribution in [-0.4, -0.2) is 17.3 Å². The minimum absolute atomic E-state index is 0.150. The molecule has 1 saturated carbocycles. The van der Waals surface area contributed by atoms with Crippen LogP contribution in [0.5, 0.6) is 0 Å². The Hall–Kier alpha value is -0.180. The van der Waals surface area contributed by atoms with Gasteiger partial charge in [0.2, 0.25) is 0 Å². The van der Waals surface area contributed by atoms with Crippen molar-refractivity contribution in [2.75, 3.05) is 0 Å². The molecule has 0 spiro atoms. The molecule has 0 saturated heterocycles. The lowest BCUT2D eigenvalue weighted by atomic mass is 9.98. The van der Waals surface area contributed by atoms with E-state index in [9.17, 15) is 4.79 Å². The largest absolute Gasteiger partial charge is 0.462 e. The summed E-state index contributed by atoms with van der Waals surface area (Å²) in [4.78, 5) is 11.3. The quantitative estimate of drug-likeness (QED) is 0.567. The van der Waals surface area contributed by atoms with Gasteiger partial charge in [0, 0.05) is 0 Å². The molecule has 0 N–H and O–H groups in total. The molecule has 1 aliphatic rings. The van der Waals surface area contributed by atoms with E-state index in [4.69, 9.17) is 4.74 Å². The maximum absolute atomic E-state index is 11.3. The standard InChI is InChI=1S/C11H20O2S/c1-9(14)11(12)13-10-7-5-3-2-4-6-8-10/h9-10,14H,2-8H2,1H3. The summed E-state index contributed by atoms with van der Waals surface area (Å²) in [6.07, 6.45) is 8.51. The third kappa shape index (κ3) is 4.36. The van der Waals surface area contributed by atoms with Gasteiger partial charge in [-0.3, -0.25) is 4.79 Å². The number of rotatable bonds is 2. The fourth-order valence-corrected chi connectivity index (χ4v) is 1.86. The van der Waals surface area contributed by atoms with Gasteiger partial charge in [0.1, 0.15) is 6.10 Å². The van der Waals surface area contributed by atoms with Crippen molar-refractivity contribution in [2.45, 2.75) is 63.2 Å². The van der Waals surface area contributed by atoms with Crippen molar-refractivity contribution in [2.24, 2.45) is 0 Å². The molecule has 1 atom stereocenters. The van der Waals surface area contributed by atoms with Gasteiger partial charge in [-0.15, -0.1) is 0 Å². The molecule has 2 nitrogen and oxygen atoms in total. The second kappa shape index (κ2) is 6.33. The molecule has 82 valence electrons. The number of hydrogen-bond donors (Lipinski definition) is 1. The van der Waals surface area contributed by atoms with Gasteiger partial charge in [-0.25, -0.2) is 0 Å². The number of carbonyl (C=O) groups is 1. The molecule has 1 aliphatic carbocycles. The van der Waals surface area contributed by atoms with Crippen molar-refractivity contribution in [1.29, 1.82) is 0 Å². The highest BCUT2D eigenvalue weighted by atomic mass is 32.1. The summed E-state index contributed by atoms with van der Waals surface area (Å²) in [6.45, 7) is 1.76. The van der Waals surface area contributed by atoms with Crippen molar-refractivity contribution in [3.63, 3.8) is 0 Å². The Morgan fingerprint density at radius 3 is 2.21 bits per heavy atom. The van der Waals surface area contributed by atoms with Gasteiger partial charge >= 0.3 is 5.97 Å². The van der Waals surface area contributed by atoms with Crippen LogP contribution in [0.2, 0.25) is 0 Å². The van der Waals surface area contributed by atoms with Crippen molar-refractivity contribution >= 4 is 18.6 Å². The van der Waals surface area contributed by atoms with Crippen LogP contribution in [0.3, 0.4) is 0 Å². The Labute approximate surface area is 91.8 Å². The highest BCUT2D eigenvalue weighted by Crippen LogP contribution is 2.20. The second-order valence-electron chi connectivity index (χ2n) is 4.08. The molecule has 0 amide bonds. The van der Waals surface area contributed by atoms with Gasteiger partial charge in [-0.1, -0.05) is 19.3 Å². The minimum Gasteiger partial charge on any atom is -0.462 e. The minimum atomic E-state index is -0.291. The third-order valence-electron chi connectivity index (χ3n) is 2.68. The van der Waals surface area contributed by atoms with Crippen molar-refractivity contribution in [3.8, 4) is 0 Å². The third-order valence-corrected chi connectivity index (χ3v) is 2.89. The SMILES string of the molecule is CC(S)C(=O)OC1CCCCCCC1. The van der Waals surface area contributed by atoms with Gasteiger partial charge in [0.15, 0.2) is 0 Å².